The monoisotopic (exact) mass is 241 g/mol. The molecule has 0 unspecified atom stereocenters. The molecule has 0 aliphatic heterocycles. The van der Waals surface area contributed by atoms with Crippen LogP contribution in [0.4, 0.5) is 4.39 Å². The Bertz CT molecular complexity index is 274. The quantitative estimate of drug-likeness (QED) is 0.550. The minimum Gasteiger partial charge on any atom is -0.316 e. The largest absolute Gasteiger partial charge is 0.316 e. The lowest BCUT2D eigenvalue weighted by atomic mass is 10.2. The smallest absolute Gasteiger partial charge is 0.123 e. The van der Waals surface area contributed by atoms with Crippen LogP contribution in [0.15, 0.2) is 29.2 Å². The summed E-state index contributed by atoms with van der Waals surface area (Å²) in [6.07, 6.45) is 3.84. The molecule has 0 saturated heterocycles. The van der Waals surface area contributed by atoms with Crippen molar-refractivity contribution in [3.8, 4) is 0 Å². The normalized spacial score (nSPS) is 10.6. The maximum atomic E-state index is 12.6. The topological polar surface area (TPSA) is 12.0 Å². The summed E-state index contributed by atoms with van der Waals surface area (Å²) in [5.74, 6) is 0.875. The number of thioether (sulfide) groups is 1. The summed E-state index contributed by atoms with van der Waals surface area (Å²) >= 11 is 1.76. The second-order valence-electron chi connectivity index (χ2n) is 3.76. The average molecular weight is 241 g/mol. The maximum Gasteiger partial charge on any atom is 0.123 e. The van der Waals surface area contributed by atoms with E-state index in [0.717, 1.165) is 23.7 Å². The zero-order valence-electron chi connectivity index (χ0n) is 9.84. The zero-order chi connectivity index (χ0) is 11.6. The van der Waals surface area contributed by atoms with Gasteiger partial charge in [-0.2, -0.15) is 0 Å². The first kappa shape index (κ1) is 13.5. The van der Waals surface area contributed by atoms with Gasteiger partial charge in [0.1, 0.15) is 5.82 Å². The summed E-state index contributed by atoms with van der Waals surface area (Å²) in [5, 5.41) is 3.41. The van der Waals surface area contributed by atoms with E-state index in [1.165, 1.54) is 31.4 Å². The van der Waals surface area contributed by atoms with Crippen molar-refractivity contribution in [1.29, 1.82) is 0 Å². The summed E-state index contributed by atoms with van der Waals surface area (Å²) in [7, 11) is 0. The van der Waals surface area contributed by atoms with E-state index < -0.39 is 0 Å². The highest BCUT2D eigenvalue weighted by Gasteiger charge is 1.94. The molecule has 0 fully saturated rings. The molecule has 3 heteroatoms. The van der Waals surface area contributed by atoms with E-state index in [0.29, 0.717) is 0 Å². The van der Waals surface area contributed by atoms with Gasteiger partial charge in [-0.1, -0.05) is 19.8 Å². The summed E-state index contributed by atoms with van der Waals surface area (Å²) in [6.45, 7) is 4.34. The fourth-order valence-electron chi connectivity index (χ4n) is 1.40. The molecule has 0 spiro atoms. The number of benzene rings is 1. The van der Waals surface area contributed by atoms with Gasteiger partial charge in [0.25, 0.3) is 0 Å². The van der Waals surface area contributed by atoms with Crippen molar-refractivity contribution in [2.45, 2.75) is 31.1 Å². The second kappa shape index (κ2) is 8.59. The van der Waals surface area contributed by atoms with Crippen LogP contribution in [-0.4, -0.2) is 18.8 Å². The number of nitrogens with one attached hydrogen (secondary N) is 1. The average Bonchev–Trinajstić information content (AvgIpc) is 2.30. The van der Waals surface area contributed by atoms with Crippen molar-refractivity contribution in [2.75, 3.05) is 18.8 Å². The molecule has 90 valence electrons. The molecule has 1 aromatic carbocycles. The molecular weight excluding hydrogens is 221 g/mol. The summed E-state index contributed by atoms with van der Waals surface area (Å²) < 4.78 is 12.6. The standard InChI is InChI=1S/C13H20FNS/c1-2-3-4-9-15-10-11-16-13-7-5-12(14)6-8-13/h5-8,15H,2-4,9-11H2,1H3. The highest BCUT2D eigenvalue weighted by Crippen LogP contribution is 2.17. The molecule has 0 radical (unpaired) electrons. The summed E-state index contributed by atoms with van der Waals surface area (Å²) in [6, 6.07) is 6.68. The van der Waals surface area contributed by atoms with Gasteiger partial charge >= 0.3 is 0 Å². The lowest BCUT2D eigenvalue weighted by Gasteiger charge is -2.04. The fraction of sp³-hybridized carbons (Fsp3) is 0.538. The molecule has 1 aromatic rings. The third-order valence-corrected chi connectivity index (χ3v) is 3.33. The highest BCUT2D eigenvalue weighted by atomic mass is 32.2. The van der Waals surface area contributed by atoms with E-state index in [9.17, 15) is 4.39 Å². The number of halogens is 1. The minimum absolute atomic E-state index is 0.165. The molecule has 16 heavy (non-hydrogen) atoms. The maximum absolute atomic E-state index is 12.6. The van der Waals surface area contributed by atoms with E-state index >= 15 is 0 Å². The van der Waals surface area contributed by atoms with E-state index in [4.69, 9.17) is 0 Å². The molecule has 1 nitrogen and oxygen atoms in total. The fourth-order valence-corrected chi connectivity index (χ4v) is 2.21. The van der Waals surface area contributed by atoms with Crippen molar-refractivity contribution < 1.29 is 4.39 Å². The Morgan fingerprint density at radius 3 is 2.56 bits per heavy atom. The molecule has 0 aliphatic rings. The predicted octanol–water partition coefficient (Wildman–Crippen LogP) is 3.70. The minimum atomic E-state index is -0.165. The Morgan fingerprint density at radius 2 is 1.88 bits per heavy atom. The van der Waals surface area contributed by atoms with Gasteiger partial charge in [-0.05, 0) is 37.2 Å². The van der Waals surface area contributed by atoms with E-state index in [1.54, 1.807) is 11.8 Å². The third-order valence-electron chi connectivity index (χ3n) is 2.32. The Balaban J connectivity index is 2.01. The summed E-state index contributed by atoms with van der Waals surface area (Å²) in [5.41, 5.74) is 0. The van der Waals surface area contributed by atoms with Crippen molar-refractivity contribution in [2.24, 2.45) is 0 Å². The highest BCUT2D eigenvalue weighted by molar-refractivity contribution is 7.99. The van der Waals surface area contributed by atoms with Crippen LogP contribution in [0, 0.1) is 5.82 Å². The lowest BCUT2D eigenvalue weighted by molar-refractivity contribution is 0.626. The molecule has 0 bridgehead atoms. The van der Waals surface area contributed by atoms with Crippen LogP contribution in [-0.2, 0) is 0 Å². The number of hydrogen-bond donors (Lipinski definition) is 1. The van der Waals surface area contributed by atoms with Crippen molar-refractivity contribution in [3.63, 3.8) is 0 Å². The Kier molecular flexibility index (Phi) is 7.26. The molecular formula is C13H20FNS. The van der Waals surface area contributed by atoms with Crippen LogP contribution >= 0.6 is 11.8 Å². The van der Waals surface area contributed by atoms with Crippen molar-refractivity contribution in [3.05, 3.63) is 30.1 Å². The van der Waals surface area contributed by atoms with Gasteiger partial charge in [-0.25, -0.2) is 4.39 Å². The molecule has 1 N–H and O–H groups in total. The van der Waals surface area contributed by atoms with E-state index in [2.05, 4.69) is 12.2 Å². The van der Waals surface area contributed by atoms with Crippen LogP contribution in [0.5, 0.6) is 0 Å². The summed E-state index contributed by atoms with van der Waals surface area (Å²) in [4.78, 5) is 1.14. The van der Waals surface area contributed by atoms with Gasteiger partial charge in [0.05, 0.1) is 0 Å². The Labute approximate surface area is 102 Å². The van der Waals surface area contributed by atoms with E-state index in [-0.39, 0.29) is 5.82 Å². The number of unbranched alkanes of at least 4 members (excludes halogenated alkanes) is 2. The van der Waals surface area contributed by atoms with Crippen LogP contribution in [0.3, 0.4) is 0 Å². The van der Waals surface area contributed by atoms with Gasteiger partial charge in [0.15, 0.2) is 0 Å². The van der Waals surface area contributed by atoms with Crippen LogP contribution in [0.2, 0.25) is 0 Å². The van der Waals surface area contributed by atoms with Gasteiger partial charge in [-0.3, -0.25) is 0 Å². The Hall–Kier alpha value is -0.540. The molecule has 0 atom stereocenters. The predicted molar refractivity (Wildman–Crippen MR) is 69.5 cm³/mol. The molecule has 1 rings (SSSR count). The number of rotatable bonds is 8. The SMILES string of the molecule is CCCCCNCCSc1ccc(F)cc1. The number of hydrogen-bond acceptors (Lipinski definition) is 2. The first-order valence-corrected chi connectivity index (χ1v) is 6.90. The van der Waals surface area contributed by atoms with Crippen LogP contribution in [0.1, 0.15) is 26.2 Å². The van der Waals surface area contributed by atoms with Gasteiger partial charge in [-0.15, -0.1) is 11.8 Å². The van der Waals surface area contributed by atoms with Crippen molar-refractivity contribution >= 4 is 11.8 Å². The zero-order valence-corrected chi connectivity index (χ0v) is 10.7. The lowest BCUT2D eigenvalue weighted by Crippen LogP contribution is -2.18. The molecule has 0 aromatic heterocycles. The first-order chi connectivity index (χ1) is 7.83. The molecule has 0 saturated carbocycles. The second-order valence-corrected chi connectivity index (χ2v) is 4.93. The molecule has 0 aliphatic carbocycles. The first-order valence-electron chi connectivity index (χ1n) is 5.92. The van der Waals surface area contributed by atoms with E-state index in [1.807, 2.05) is 12.1 Å². The molecule has 0 heterocycles. The third kappa shape index (κ3) is 6.13. The van der Waals surface area contributed by atoms with Crippen LogP contribution in [0.25, 0.3) is 0 Å². The van der Waals surface area contributed by atoms with Crippen LogP contribution < -0.4 is 5.32 Å². The Morgan fingerprint density at radius 1 is 1.12 bits per heavy atom. The van der Waals surface area contributed by atoms with Gasteiger partial charge in [0.2, 0.25) is 0 Å². The van der Waals surface area contributed by atoms with Gasteiger partial charge in [0, 0.05) is 17.2 Å². The molecule has 0 amide bonds. The van der Waals surface area contributed by atoms with Crippen molar-refractivity contribution in [1.82, 2.24) is 5.32 Å². The van der Waals surface area contributed by atoms with Gasteiger partial charge < -0.3 is 5.32 Å².